The zero-order chi connectivity index (χ0) is 8.65. The molecule has 11 heavy (non-hydrogen) atoms. The first-order valence-corrected chi connectivity index (χ1v) is 3.22. The molecule has 5 nitrogen and oxygen atoms in total. The van der Waals surface area contributed by atoms with Crippen molar-refractivity contribution >= 4 is 5.97 Å². The topological polar surface area (TPSA) is 87.0 Å². The van der Waals surface area contributed by atoms with Crippen molar-refractivity contribution in [1.29, 1.82) is 0 Å². The van der Waals surface area contributed by atoms with Gasteiger partial charge in [0.15, 0.2) is 11.7 Å². The fraction of sp³-hybridized carbons (Fsp3) is 0.833. The van der Waals surface area contributed by atoms with Crippen molar-refractivity contribution in [1.82, 2.24) is 0 Å². The molecule has 1 saturated heterocycles. The molecule has 0 aromatic carbocycles. The molecule has 0 aliphatic carbocycles. The third-order valence-electron chi connectivity index (χ3n) is 1.78. The van der Waals surface area contributed by atoms with Gasteiger partial charge in [-0.25, -0.2) is 4.79 Å². The van der Waals surface area contributed by atoms with Crippen LogP contribution in [0.15, 0.2) is 0 Å². The van der Waals surface area contributed by atoms with E-state index in [2.05, 4.69) is 4.74 Å². The van der Waals surface area contributed by atoms with Crippen LogP contribution in [0.1, 0.15) is 6.92 Å². The van der Waals surface area contributed by atoms with E-state index in [1.165, 1.54) is 0 Å². The molecule has 3 N–H and O–H groups in total. The normalized spacial score (nSPS) is 44.2. The summed E-state index contributed by atoms with van der Waals surface area (Å²) in [5.74, 6) is -0.899. The van der Waals surface area contributed by atoms with Gasteiger partial charge in [-0.05, 0) is 6.92 Å². The van der Waals surface area contributed by atoms with Crippen molar-refractivity contribution in [3.05, 3.63) is 0 Å². The molecule has 3 atom stereocenters. The Morgan fingerprint density at radius 2 is 2.27 bits per heavy atom. The van der Waals surface area contributed by atoms with Crippen LogP contribution in [0.2, 0.25) is 0 Å². The second-order valence-corrected chi connectivity index (χ2v) is 2.72. The van der Waals surface area contributed by atoms with Gasteiger partial charge < -0.3 is 20.1 Å². The van der Waals surface area contributed by atoms with Crippen molar-refractivity contribution in [2.24, 2.45) is 0 Å². The second kappa shape index (κ2) is 2.44. The van der Waals surface area contributed by atoms with E-state index < -0.39 is 30.4 Å². The van der Waals surface area contributed by atoms with Gasteiger partial charge in [0.25, 0.3) is 0 Å². The summed E-state index contributed by atoms with van der Waals surface area (Å²) in [7, 11) is 0. The highest BCUT2D eigenvalue weighted by atomic mass is 16.6. The molecule has 1 aliphatic rings. The van der Waals surface area contributed by atoms with Gasteiger partial charge in [0, 0.05) is 0 Å². The zero-order valence-corrected chi connectivity index (χ0v) is 6.02. The van der Waals surface area contributed by atoms with Crippen LogP contribution in [0.5, 0.6) is 0 Å². The third kappa shape index (κ3) is 1.11. The standard InChI is InChI=1S/C6H10O5/c1-6(10)4(8)3(2-7)11-5(6)9/h3-4,7-8,10H,2H2,1H3/t3?,4?,6-/m1/s1. The first-order valence-electron chi connectivity index (χ1n) is 3.22. The summed E-state index contributed by atoms with van der Waals surface area (Å²) >= 11 is 0. The molecule has 0 aromatic rings. The van der Waals surface area contributed by atoms with E-state index >= 15 is 0 Å². The first-order chi connectivity index (χ1) is 5.00. The molecule has 0 amide bonds. The summed E-state index contributed by atoms with van der Waals surface area (Å²) in [6.07, 6.45) is -2.35. The minimum absolute atomic E-state index is 0.483. The Bertz CT molecular complexity index is 176. The predicted octanol–water partition coefficient (Wildman–Crippen LogP) is -1.98. The Labute approximate surface area is 63.2 Å². The molecule has 0 radical (unpaired) electrons. The Balaban J connectivity index is 2.80. The van der Waals surface area contributed by atoms with Crippen LogP contribution in [0.25, 0.3) is 0 Å². The molecule has 0 bridgehead atoms. The van der Waals surface area contributed by atoms with Crippen LogP contribution in [0.4, 0.5) is 0 Å². The molecule has 2 unspecified atom stereocenters. The summed E-state index contributed by atoms with van der Waals surface area (Å²) in [4.78, 5) is 10.7. The van der Waals surface area contributed by atoms with Crippen molar-refractivity contribution in [3.63, 3.8) is 0 Å². The van der Waals surface area contributed by atoms with Gasteiger partial charge >= 0.3 is 5.97 Å². The Morgan fingerprint density at radius 1 is 1.73 bits per heavy atom. The number of hydrogen-bond donors (Lipinski definition) is 3. The van der Waals surface area contributed by atoms with E-state index in [4.69, 9.17) is 10.2 Å². The number of aliphatic hydroxyl groups is 3. The van der Waals surface area contributed by atoms with Crippen LogP contribution < -0.4 is 0 Å². The minimum atomic E-state index is -1.88. The van der Waals surface area contributed by atoms with Crippen LogP contribution in [0, 0.1) is 0 Å². The number of rotatable bonds is 1. The molecule has 5 heteroatoms. The van der Waals surface area contributed by atoms with Gasteiger partial charge in [0.1, 0.15) is 6.10 Å². The molecule has 64 valence electrons. The Hall–Kier alpha value is -0.650. The van der Waals surface area contributed by atoms with E-state index in [1.54, 1.807) is 0 Å². The lowest BCUT2D eigenvalue weighted by Gasteiger charge is -2.16. The highest BCUT2D eigenvalue weighted by Crippen LogP contribution is 2.25. The third-order valence-corrected chi connectivity index (χ3v) is 1.78. The molecular formula is C6H10O5. The van der Waals surface area contributed by atoms with Crippen LogP contribution in [-0.4, -0.2) is 45.7 Å². The molecule has 1 heterocycles. The first kappa shape index (κ1) is 8.45. The number of carbonyl (C=O) groups is 1. The number of esters is 1. The second-order valence-electron chi connectivity index (χ2n) is 2.72. The van der Waals surface area contributed by atoms with Gasteiger partial charge in [0.2, 0.25) is 0 Å². The van der Waals surface area contributed by atoms with Gasteiger partial charge in [-0.3, -0.25) is 0 Å². The van der Waals surface area contributed by atoms with Crippen LogP contribution in [0.3, 0.4) is 0 Å². The van der Waals surface area contributed by atoms with Gasteiger partial charge in [-0.2, -0.15) is 0 Å². The summed E-state index contributed by atoms with van der Waals surface area (Å²) in [5, 5.41) is 26.9. The van der Waals surface area contributed by atoms with E-state index in [9.17, 15) is 9.90 Å². The fourth-order valence-corrected chi connectivity index (χ4v) is 0.941. The van der Waals surface area contributed by atoms with Crippen molar-refractivity contribution < 1.29 is 24.9 Å². The maximum atomic E-state index is 10.7. The summed E-state index contributed by atoms with van der Waals surface area (Å²) in [6.45, 7) is 0.665. The number of cyclic esters (lactones) is 1. The van der Waals surface area contributed by atoms with Crippen molar-refractivity contribution in [3.8, 4) is 0 Å². The SMILES string of the molecule is C[C@]1(O)C(=O)OC(CO)C1O. The number of carbonyl (C=O) groups excluding carboxylic acids is 1. The van der Waals surface area contributed by atoms with Crippen LogP contribution >= 0.6 is 0 Å². The Kier molecular flexibility index (Phi) is 1.87. The lowest BCUT2D eigenvalue weighted by molar-refractivity contribution is -0.155. The maximum Gasteiger partial charge on any atom is 0.341 e. The highest BCUT2D eigenvalue weighted by Gasteiger charge is 2.52. The molecule has 1 rings (SSSR count). The molecule has 0 spiro atoms. The maximum absolute atomic E-state index is 10.7. The molecule has 0 aromatic heterocycles. The largest absolute Gasteiger partial charge is 0.455 e. The van der Waals surface area contributed by atoms with E-state index in [1.807, 2.05) is 0 Å². The Morgan fingerprint density at radius 3 is 2.45 bits per heavy atom. The van der Waals surface area contributed by atoms with Crippen LogP contribution in [-0.2, 0) is 9.53 Å². The fourth-order valence-electron chi connectivity index (χ4n) is 0.941. The minimum Gasteiger partial charge on any atom is -0.455 e. The van der Waals surface area contributed by atoms with Crippen molar-refractivity contribution in [2.45, 2.75) is 24.7 Å². The number of hydrogen-bond acceptors (Lipinski definition) is 5. The summed E-state index contributed by atoms with van der Waals surface area (Å²) in [6, 6.07) is 0. The van der Waals surface area contributed by atoms with Gasteiger partial charge in [-0.15, -0.1) is 0 Å². The van der Waals surface area contributed by atoms with Crippen molar-refractivity contribution in [2.75, 3.05) is 6.61 Å². The average Bonchev–Trinajstić information content (AvgIpc) is 2.14. The average molecular weight is 162 g/mol. The summed E-state index contributed by atoms with van der Waals surface area (Å²) in [5.41, 5.74) is -1.88. The molecule has 0 saturated carbocycles. The quantitative estimate of drug-likeness (QED) is 0.389. The highest BCUT2D eigenvalue weighted by molar-refractivity contribution is 5.82. The number of aliphatic hydroxyl groups excluding tert-OH is 2. The summed E-state index contributed by atoms with van der Waals surface area (Å²) < 4.78 is 4.45. The van der Waals surface area contributed by atoms with Gasteiger partial charge in [0.05, 0.1) is 6.61 Å². The van der Waals surface area contributed by atoms with Gasteiger partial charge in [-0.1, -0.05) is 0 Å². The molecular weight excluding hydrogens is 152 g/mol. The lowest BCUT2D eigenvalue weighted by atomic mass is 9.99. The zero-order valence-electron chi connectivity index (χ0n) is 6.02. The molecule has 1 fully saturated rings. The lowest BCUT2D eigenvalue weighted by Crippen LogP contribution is -2.43. The number of ether oxygens (including phenoxy) is 1. The molecule has 1 aliphatic heterocycles. The van der Waals surface area contributed by atoms with E-state index in [0.29, 0.717) is 0 Å². The predicted molar refractivity (Wildman–Crippen MR) is 33.6 cm³/mol. The van der Waals surface area contributed by atoms with E-state index in [0.717, 1.165) is 6.92 Å². The monoisotopic (exact) mass is 162 g/mol. The smallest absolute Gasteiger partial charge is 0.341 e. The van der Waals surface area contributed by atoms with E-state index in [-0.39, 0.29) is 0 Å².